The Balaban J connectivity index is 3.10. The Kier molecular flexibility index (Phi) is 3.58. The molecule has 0 aromatic heterocycles. The van der Waals surface area contributed by atoms with E-state index in [1.165, 1.54) is 0 Å². The fourth-order valence-corrected chi connectivity index (χ4v) is 1.26. The van der Waals surface area contributed by atoms with E-state index >= 15 is 0 Å². The van der Waals surface area contributed by atoms with E-state index in [4.69, 9.17) is 9.84 Å². The molecule has 0 unspecified atom stereocenters. The summed E-state index contributed by atoms with van der Waals surface area (Å²) in [6.07, 6.45) is 0.819. The smallest absolute Gasteiger partial charge is 0.339 e. The summed E-state index contributed by atoms with van der Waals surface area (Å²) >= 11 is 0. The van der Waals surface area contributed by atoms with Crippen molar-refractivity contribution in [2.45, 2.75) is 39.7 Å². The first-order valence-corrected chi connectivity index (χ1v) is 5.38. The van der Waals surface area contributed by atoms with E-state index in [9.17, 15) is 4.79 Å². The fraction of sp³-hybridized carbons (Fsp3) is 0.462. The van der Waals surface area contributed by atoms with Crippen LogP contribution in [0.4, 0.5) is 0 Å². The molecule has 0 amide bonds. The van der Waals surface area contributed by atoms with Crippen LogP contribution in [0.5, 0.6) is 5.75 Å². The van der Waals surface area contributed by atoms with Crippen molar-refractivity contribution in [2.24, 2.45) is 0 Å². The summed E-state index contributed by atoms with van der Waals surface area (Å²) in [5.74, 6) is -0.513. The lowest BCUT2D eigenvalue weighted by Gasteiger charge is -2.26. The standard InChI is InChI=1S/C13H18O3/c1-5-13(3,4)16-11-8-9(2)6-7-10(11)12(14)15/h6-8H,5H2,1-4H3,(H,14,15). The number of carbonyl (C=O) groups is 1. The molecule has 0 saturated carbocycles. The quantitative estimate of drug-likeness (QED) is 0.850. The number of rotatable bonds is 4. The molecule has 1 N–H and O–H groups in total. The topological polar surface area (TPSA) is 46.5 Å². The third-order valence-electron chi connectivity index (χ3n) is 2.61. The number of hydrogen-bond acceptors (Lipinski definition) is 2. The maximum atomic E-state index is 11.0. The molecule has 0 aliphatic rings. The average Bonchev–Trinajstić information content (AvgIpc) is 2.16. The van der Waals surface area contributed by atoms with Crippen molar-refractivity contribution < 1.29 is 14.6 Å². The molecular formula is C13H18O3. The summed E-state index contributed by atoms with van der Waals surface area (Å²) < 4.78 is 5.74. The molecule has 0 aliphatic heterocycles. The summed E-state index contributed by atoms with van der Waals surface area (Å²) in [5.41, 5.74) is 0.858. The first-order chi connectivity index (χ1) is 7.35. The van der Waals surface area contributed by atoms with E-state index in [-0.39, 0.29) is 11.2 Å². The van der Waals surface area contributed by atoms with Gasteiger partial charge in [0.15, 0.2) is 0 Å². The second kappa shape index (κ2) is 4.56. The van der Waals surface area contributed by atoms with Gasteiger partial charge in [-0.3, -0.25) is 0 Å². The van der Waals surface area contributed by atoms with Crippen molar-refractivity contribution >= 4 is 5.97 Å². The van der Waals surface area contributed by atoms with Crippen LogP contribution in [0.25, 0.3) is 0 Å². The minimum absolute atomic E-state index is 0.215. The summed E-state index contributed by atoms with van der Waals surface area (Å²) in [4.78, 5) is 11.0. The van der Waals surface area contributed by atoms with Gasteiger partial charge in [0.1, 0.15) is 16.9 Å². The molecule has 3 heteroatoms. The largest absolute Gasteiger partial charge is 0.487 e. The van der Waals surface area contributed by atoms with E-state index in [1.807, 2.05) is 27.7 Å². The van der Waals surface area contributed by atoms with Crippen LogP contribution >= 0.6 is 0 Å². The molecule has 0 bridgehead atoms. The Morgan fingerprint density at radius 3 is 2.56 bits per heavy atom. The molecular weight excluding hydrogens is 204 g/mol. The van der Waals surface area contributed by atoms with E-state index in [2.05, 4.69) is 0 Å². The van der Waals surface area contributed by atoms with Crippen LogP contribution in [0.1, 0.15) is 43.1 Å². The van der Waals surface area contributed by atoms with Crippen molar-refractivity contribution in [3.63, 3.8) is 0 Å². The molecule has 88 valence electrons. The van der Waals surface area contributed by atoms with Gasteiger partial charge in [-0.25, -0.2) is 4.79 Å². The first-order valence-electron chi connectivity index (χ1n) is 5.38. The zero-order valence-electron chi connectivity index (χ0n) is 10.2. The Morgan fingerprint density at radius 1 is 1.44 bits per heavy atom. The number of aryl methyl sites for hydroxylation is 1. The van der Waals surface area contributed by atoms with Crippen LogP contribution in [-0.4, -0.2) is 16.7 Å². The molecule has 0 spiro atoms. The van der Waals surface area contributed by atoms with Gasteiger partial charge in [0.2, 0.25) is 0 Å². The molecule has 1 aromatic carbocycles. The second-order valence-corrected chi connectivity index (χ2v) is 4.52. The van der Waals surface area contributed by atoms with Crippen molar-refractivity contribution in [1.29, 1.82) is 0 Å². The molecule has 0 atom stereocenters. The SMILES string of the molecule is CCC(C)(C)Oc1cc(C)ccc1C(=O)O. The lowest BCUT2D eigenvalue weighted by molar-refractivity contribution is 0.0671. The van der Waals surface area contributed by atoms with Crippen LogP contribution in [-0.2, 0) is 0 Å². The zero-order valence-corrected chi connectivity index (χ0v) is 10.2. The highest BCUT2D eigenvalue weighted by atomic mass is 16.5. The van der Waals surface area contributed by atoms with Crippen LogP contribution in [0.2, 0.25) is 0 Å². The molecule has 1 aromatic rings. The van der Waals surface area contributed by atoms with Crippen molar-refractivity contribution in [2.75, 3.05) is 0 Å². The highest BCUT2D eigenvalue weighted by Gasteiger charge is 2.20. The number of carboxylic acid groups (broad SMARTS) is 1. The van der Waals surface area contributed by atoms with Gasteiger partial charge < -0.3 is 9.84 Å². The van der Waals surface area contributed by atoms with Gasteiger partial charge in [-0.15, -0.1) is 0 Å². The first kappa shape index (κ1) is 12.6. The predicted octanol–water partition coefficient (Wildman–Crippen LogP) is 3.26. The monoisotopic (exact) mass is 222 g/mol. The zero-order chi connectivity index (χ0) is 12.3. The summed E-state index contributed by atoms with van der Waals surface area (Å²) in [6.45, 7) is 7.82. The van der Waals surface area contributed by atoms with Gasteiger partial charge >= 0.3 is 5.97 Å². The lowest BCUT2D eigenvalue weighted by atomic mass is 10.1. The average molecular weight is 222 g/mol. The molecule has 0 heterocycles. The summed E-state index contributed by atoms with van der Waals surface area (Å²) in [6, 6.07) is 5.12. The van der Waals surface area contributed by atoms with E-state index in [1.54, 1.807) is 18.2 Å². The van der Waals surface area contributed by atoms with Crippen LogP contribution < -0.4 is 4.74 Å². The van der Waals surface area contributed by atoms with Crippen LogP contribution in [0.15, 0.2) is 18.2 Å². The molecule has 0 radical (unpaired) electrons. The van der Waals surface area contributed by atoms with Gasteiger partial charge in [-0.2, -0.15) is 0 Å². The highest BCUT2D eigenvalue weighted by molar-refractivity contribution is 5.91. The molecule has 0 aliphatic carbocycles. The fourth-order valence-electron chi connectivity index (χ4n) is 1.26. The minimum Gasteiger partial charge on any atom is -0.487 e. The van der Waals surface area contributed by atoms with Gasteiger partial charge in [-0.05, 0) is 44.9 Å². The predicted molar refractivity (Wildman–Crippen MR) is 63.1 cm³/mol. The molecule has 0 fully saturated rings. The van der Waals surface area contributed by atoms with Gasteiger partial charge in [-0.1, -0.05) is 13.0 Å². The van der Waals surface area contributed by atoms with E-state index in [0.29, 0.717) is 5.75 Å². The molecule has 1 rings (SSSR count). The van der Waals surface area contributed by atoms with E-state index in [0.717, 1.165) is 12.0 Å². The number of hydrogen-bond donors (Lipinski definition) is 1. The van der Waals surface area contributed by atoms with Crippen molar-refractivity contribution in [1.82, 2.24) is 0 Å². The number of benzene rings is 1. The Bertz CT molecular complexity index is 394. The maximum Gasteiger partial charge on any atom is 0.339 e. The molecule has 16 heavy (non-hydrogen) atoms. The van der Waals surface area contributed by atoms with Gasteiger partial charge in [0.25, 0.3) is 0 Å². The third kappa shape index (κ3) is 2.99. The lowest BCUT2D eigenvalue weighted by Crippen LogP contribution is -2.27. The summed E-state index contributed by atoms with van der Waals surface area (Å²) in [7, 11) is 0. The number of carboxylic acids is 1. The van der Waals surface area contributed by atoms with Crippen molar-refractivity contribution in [3.05, 3.63) is 29.3 Å². The van der Waals surface area contributed by atoms with Crippen LogP contribution in [0.3, 0.4) is 0 Å². The Labute approximate surface area is 96.1 Å². The van der Waals surface area contributed by atoms with Crippen molar-refractivity contribution in [3.8, 4) is 5.75 Å². The Morgan fingerprint density at radius 2 is 2.06 bits per heavy atom. The van der Waals surface area contributed by atoms with Crippen LogP contribution in [0, 0.1) is 6.92 Å². The summed E-state index contributed by atoms with van der Waals surface area (Å²) in [5, 5.41) is 9.05. The number of aromatic carboxylic acids is 1. The molecule has 3 nitrogen and oxygen atoms in total. The highest BCUT2D eigenvalue weighted by Crippen LogP contribution is 2.26. The molecule has 0 saturated heterocycles. The number of ether oxygens (including phenoxy) is 1. The van der Waals surface area contributed by atoms with Gasteiger partial charge in [0.05, 0.1) is 0 Å². The maximum absolute atomic E-state index is 11.0. The Hall–Kier alpha value is -1.51. The minimum atomic E-state index is -0.957. The second-order valence-electron chi connectivity index (χ2n) is 4.52. The van der Waals surface area contributed by atoms with Gasteiger partial charge in [0, 0.05) is 0 Å². The third-order valence-corrected chi connectivity index (χ3v) is 2.61. The normalized spacial score (nSPS) is 11.2. The van der Waals surface area contributed by atoms with E-state index < -0.39 is 5.97 Å².